The van der Waals surface area contributed by atoms with Crippen LogP contribution in [0.5, 0.6) is 0 Å². The number of aryl methyl sites for hydroxylation is 1. The molecule has 1 aromatic rings. The first kappa shape index (κ1) is 18.8. The molecule has 0 fully saturated rings. The monoisotopic (exact) mass is 324 g/mol. The lowest BCUT2D eigenvalue weighted by molar-refractivity contribution is -0.137. The SMILES string of the molecule is CC(CCc1ccccc1)CP(O)CC(C=O)CCC(=O)O. The van der Waals surface area contributed by atoms with Gasteiger partial charge in [-0.1, -0.05) is 37.3 Å². The predicted octanol–water partition coefficient (Wildman–Crippen LogP) is 3.32. The normalized spacial score (nSPS) is 15.0. The van der Waals surface area contributed by atoms with Crippen molar-refractivity contribution in [2.24, 2.45) is 11.8 Å². The zero-order valence-electron chi connectivity index (χ0n) is 13.0. The minimum atomic E-state index is -1.20. The highest BCUT2D eigenvalue weighted by Crippen LogP contribution is 2.36. The van der Waals surface area contributed by atoms with Crippen LogP contribution in [0.25, 0.3) is 0 Å². The summed E-state index contributed by atoms with van der Waals surface area (Å²) in [7, 11) is -1.20. The molecule has 122 valence electrons. The quantitative estimate of drug-likeness (QED) is 0.484. The number of aldehydes is 1. The minimum Gasteiger partial charge on any atom is -0.481 e. The van der Waals surface area contributed by atoms with Crippen molar-refractivity contribution in [3.8, 4) is 0 Å². The van der Waals surface area contributed by atoms with Crippen molar-refractivity contribution in [1.82, 2.24) is 0 Å². The number of rotatable bonds is 11. The average molecular weight is 324 g/mol. The third kappa shape index (κ3) is 8.26. The molecule has 0 radical (unpaired) electrons. The van der Waals surface area contributed by atoms with Crippen molar-refractivity contribution < 1.29 is 19.6 Å². The Labute approximate surface area is 133 Å². The van der Waals surface area contributed by atoms with E-state index < -0.39 is 14.1 Å². The lowest BCUT2D eigenvalue weighted by atomic mass is 10.0. The van der Waals surface area contributed by atoms with E-state index in [-0.39, 0.29) is 12.3 Å². The number of carboxylic acids is 1. The summed E-state index contributed by atoms with van der Waals surface area (Å²) in [6, 6.07) is 10.2. The van der Waals surface area contributed by atoms with Gasteiger partial charge >= 0.3 is 5.97 Å². The first-order chi connectivity index (χ1) is 10.5. The van der Waals surface area contributed by atoms with Crippen LogP contribution in [-0.4, -0.2) is 34.6 Å². The average Bonchev–Trinajstić information content (AvgIpc) is 2.50. The lowest BCUT2D eigenvalue weighted by Gasteiger charge is -2.19. The largest absolute Gasteiger partial charge is 0.481 e. The molecule has 5 heteroatoms. The van der Waals surface area contributed by atoms with Crippen molar-refractivity contribution in [2.75, 3.05) is 12.3 Å². The summed E-state index contributed by atoms with van der Waals surface area (Å²) in [5.41, 5.74) is 1.30. The van der Waals surface area contributed by atoms with Crippen molar-refractivity contribution >= 4 is 20.4 Å². The fourth-order valence-electron chi connectivity index (χ4n) is 2.37. The molecule has 0 bridgehead atoms. The summed E-state index contributed by atoms with van der Waals surface area (Å²) in [5.74, 6) is -0.845. The van der Waals surface area contributed by atoms with Gasteiger partial charge < -0.3 is 14.8 Å². The number of aliphatic carboxylic acids is 1. The Morgan fingerprint density at radius 3 is 2.50 bits per heavy atom. The Balaban J connectivity index is 2.28. The first-order valence-corrected chi connectivity index (χ1v) is 9.32. The second kappa shape index (κ2) is 10.5. The second-order valence-electron chi connectivity index (χ2n) is 5.83. The Bertz CT molecular complexity index is 449. The summed E-state index contributed by atoms with van der Waals surface area (Å²) < 4.78 is 0. The molecule has 0 amide bonds. The van der Waals surface area contributed by atoms with E-state index in [1.165, 1.54) is 5.56 Å². The van der Waals surface area contributed by atoms with E-state index in [0.717, 1.165) is 19.1 Å². The van der Waals surface area contributed by atoms with Crippen LogP contribution < -0.4 is 0 Å². The fraction of sp³-hybridized carbons (Fsp3) is 0.529. The number of hydrogen-bond donors (Lipinski definition) is 2. The molecule has 0 saturated heterocycles. The van der Waals surface area contributed by atoms with Crippen molar-refractivity contribution in [3.63, 3.8) is 0 Å². The van der Waals surface area contributed by atoms with Gasteiger partial charge in [-0.15, -0.1) is 0 Å². The molecule has 1 rings (SSSR count). The van der Waals surface area contributed by atoms with Crippen LogP contribution in [0.1, 0.15) is 31.7 Å². The second-order valence-corrected chi connectivity index (χ2v) is 7.57. The molecule has 1 aromatic carbocycles. The van der Waals surface area contributed by atoms with E-state index in [9.17, 15) is 14.5 Å². The molecule has 0 aromatic heterocycles. The summed E-state index contributed by atoms with van der Waals surface area (Å²) in [4.78, 5) is 31.6. The van der Waals surface area contributed by atoms with E-state index in [1.54, 1.807) is 0 Å². The number of carbonyl (C=O) groups is 2. The maximum Gasteiger partial charge on any atom is 0.303 e. The van der Waals surface area contributed by atoms with Crippen LogP contribution in [0.15, 0.2) is 30.3 Å². The zero-order valence-corrected chi connectivity index (χ0v) is 13.9. The molecule has 2 N–H and O–H groups in total. The molecule has 22 heavy (non-hydrogen) atoms. The van der Waals surface area contributed by atoms with Crippen molar-refractivity contribution in [3.05, 3.63) is 35.9 Å². The molecule has 0 aliphatic heterocycles. The van der Waals surface area contributed by atoms with Gasteiger partial charge in [-0.2, -0.15) is 0 Å². The smallest absolute Gasteiger partial charge is 0.303 e. The maximum atomic E-state index is 11.0. The third-order valence-electron chi connectivity index (χ3n) is 3.66. The number of carbonyl (C=O) groups excluding carboxylic acids is 1. The standard InChI is InChI=1S/C17H25O4P/c1-14(7-8-15-5-3-2-4-6-15)12-22(21)13-16(11-18)9-10-17(19)20/h2-6,11,14,16,21H,7-10,12-13H2,1H3,(H,19,20). The van der Waals surface area contributed by atoms with Crippen molar-refractivity contribution in [2.45, 2.75) is 32.6 Å². The first-order valence-electron chi connectivity index (χ1n) is 7.66. The van der Waals surface area contributed by atoms with Crippen LogP contribution in [0.4, 0.5) is 0 Å². The van der Waals surface area contributed by atoms with Crippen LogP contribution in [-0.2, 0) is 16.0 Å². The zero-order chi connectivity index (χ0) is 16.4. The van der Waals surface area contributed by atoms with E-state index in [4.69, 9.17) is 5.11 Å². The van der Waals surface area contributed by atoms with E-state index >= 15 is 0 Å². The highest BCUT2D eigenvalue weighted by atomic mass is 31.1. The Hall–Kier alpha value is -1.25. The highest BCUT2D eigenvalue weighted by molar-refractivity contribution is 7.51. The molecular formula is C17H25O4P. The number of carboxylic acid groups (broad SMARTS) is 1. The van der Waals surface area contributed by atoms with Gasteiger partial charge in [0, 0.05) is 26.6 Å². The van der Waals surface area contributed by atoms with Crippen LogP contribution in [0.2, 0.25) is 0 Å². The van der Waals surface area contributed by atoms with Gasteiger partial charge in [0.1, 0.15) is 6.29 Å². The van der Waals surface area contributed by atoms with Gasteiger partial charge in [0.05, 0.1) is 0 Å². The molecule has 0 heterocycles. The van der Waals surface area contributed by atoms with Crippen LogP contribution in [0.3, 0.4) is 0 Å². The van der Waals surface area contributed by atoms with Gasteiger partial charge in [-0.3, -0.25) is 4.79 Å². The number of benzene rings is 1. The van der Waals surface area contributed by atoms with E-state index in [1.807, 2.05) is 18.2 Å². The maximum absolute atomic E-state index is 11.0. The van der Waals surface area contributed by atoms with Gasteiger partial charge in [-0.05, 0) is 36.9 Å². The van der Waals surface area contributed by atoms with Gasteiger partial charge in [0.2, 0.25) is 0 Å². The summed E-state index contributed by atoms with van der Waals surface area (Å²) in [6.45, 7) is 2.11. The third-order valence-corrected chi connectivity index (χ3v) is 5.59. The van der Waals surface area contributed by atoms with E-state index in [0.29, 0.717) is 24.7 Å². The molecule has 0 aliphatic rings. The van der Waals surface area contributed by atoms with Gasteiger partial charge in [-0.25, -0.2) is 0 Å². The number of hydrogen-bond acceptors (Lipinski definition) is 3. The molecule has 0 spiro atoms. The van der Waals surface area contributed by atoms with Crippen LogP contribution >= 0.6 is 8.15 Å². The van der Waals surface area contributed by atoms with Crippen molar-refractivity contribution in [1.29, 1.82) is 0 Å². The topological polar surface area (TPSA) is 74.6 Å². The summed E-state index contributed by atoms with van der Waals surface area (Å²) >= 11 is 0. The lowest BCUT2D eigenvalue weighted by Crippen LogP contribution is -2.12. The molecule has 0 aliphatic carbocycles. The Morgan fingerprint density at radius 1 is 1.23 bits per heavy atom. The van der Waals surface area contributed by atoms with Gasteiger partial charge in [0.15, 0.2) is 0 Å². The Morgan fingerprint density at radius 2 is 1.91 bits per heavy atom. The molecular weight excluding hydrogens is 299 g/mol. The molecule has 3 atom stereocenters. The molecule has 3 unspecified atom stereocenters. The van der Waals surface area contributed by atoms with Crippen LogP contribution in [0, 0.1) is 11.8 Å². The summed E-state index contributed by atoms with van der Waals surface area (Å²) in [5, 5.41) is 8.64. The molecule has 4 nitrogen and oxygen atoms in total. The minimum absolute atomic E-state index is 0.0177. The predicted molar refractivity (Wildman–Crippen MR) is 89.2 cm³/mol. The Kier molecular flexibility index (Phi) is 8.95. The fourth-order valence-corrected chi connectivity index (χ4v) is 4.23. The van der Waals surface area contributed by atoms with Gasteiger partial charge in [0.25, 0.3) is 0 Å². The molecule has 0 saturated carbocycles. The van der Waals surface area contributed by atoms with E-state index in [2.05, 4.69) is 19.1 Å². The summed E-state index contributed by atoms with van der Waals surface area (Å²) in [6.07, 6.45) is 4.20. The highest BCUT2D eigenvalue weighted by Gasteiger charge is 2.17.